The number of nitrogens with zero attached hydrogens (tertiary/aromatic N) is 1. The second kappa shape index (κ2) is 6.82. The lowest BCUT2D eigenvalue weighted by Crippen LogP contribution is -2.43. The van der Waals surface area contributed by atoms with Crippen LogP contribution in [-0.4, -0.2) is 28.9 Å². The van der Waals surface area contributed by atoms with Crippen molar-refractivity contribution in [1.29, 1.82) is 0 Å². The Morgan fingerprint density at radius 3 is 2.93 bits per heavy atom. The molecule has 5 heteroatoms. The molecule has 5 nitrogen and oxygen atoms in total. The van der Waals surface area contributed by atoms with Crippen LogP contribution >= 0.6 is 0 Å². The van der Waals surface area contributed by atoms with Gasteiger partial charge in [0.05, 0.1) is 5.57 Å². The molecule has 1 aromatic heterocycles. The lowest BCUT2D eigenvalue weighted by atomic mass is 9.61. The number of allylic oxidation sites excluding steroid dienone is 3. The zero-order valence-corrected chi connectivity index (χ0v) is 17.0. The minimum Gasteiger partial charge on any atom is -0.489 e. The third kappa shape index (κ3) is 2.93. The van der Waals surface area contributed by atoms with Gasteiger partial charge in [-0.15, -0.1) is 0 Å². The first kappa shape index (κ1) is 18.6. The Kier molecular flexibility index (Phi) is 4.37. The van der Waals surface area contributed by atoms with Crippen LogP contribution in [0.3, 0.4) is 0 Å². The van der Waals surface area contributed by atoms with Crippen LogP contribution in [0.15, 0.2) is 47.5 Å². The molecule has 2 fully saturated rings. The van der Waals surface area contributed by atoms with Crippen molar-refractivity contribution in [2.24, 2.45) is 11.3 Å². The average molecular weight is 393 g/mol. The van der Waals surface area contributed by atoms with Crippen molar-refractivity contribution in [3.63, 3.8) is 0 Å². The molecule has 0 aromatic carbocycles. The highest BCUT2D eigenvalue weighted by Crippen LogP contribution is 2.62. The molecule has 2 heterocycles. The molecule has 0 amide bonds. The molecule has 29 heavy (non-hydrogen) atoms. The SMILES string of the molecule is CC(=O)OC1C[C@H]2[C@@H]3OC4=C(C=C3CC[C@]2(C)[C@H]1c1cccnc1)C(=O)CCC4. The summed E-state index contributed by atoms with van der Waals surface area (Å²) < 4.78 is 12.3. The fraction of sp³-hybridized carbons (Fsp3) is 0.542. The first-order valence-corrected chi connectivity index (χ1v) is 10.7. The summed E-state index contributed by atoms with van der Waals surface area (Å²) in [5.41, 5.74) is 3.10. The number of esters is 1. The highest BCUT2D eigenvalue weighted by Gasteiger charge is 2.59. The van der Waals surface area contributed by atoms with E-state index in [-0.39, 0.29) is 41.2 Å². The minimum absolute atomic E-state index is 0.0295. The molecule has 1 aliphatic heterocycles. The van der Waals surface area contributed by atoms with Gasteiger partial charge in [-0.2, -0.15) is 0 Å². The van der Waals surface area contributed by atoms with Crippen molar-refractivity contribution in [2.45, 2.75) is 70.5 Å². The predicted molar refractivity (Wildman–Crippen MR) is 107 cm³/mol. The molecule has 0 N–H and O–H groups in total. The van der Waals surface area contributed by atoms with Gasteiger partial charge in [-0.1, -0.05) is 13.0 Å². The topological polar surface area (TPSA) is 65.5 Å². The van der Waals surface area contributed by atoms with Crippen molar-refractivity contribution in [3.8, 4) is 0 Å². The third-order valence-electron chi connectivity index (χ3n) is 7.47. The molecule has 0 bridgehead atoms. The summed E-state index contributed by atoms with van der Waals surface area (Å²) in [6.07, 6.45) is 10.6. The normalized spacial score (nSPS) is 35.8. The zero-order chi connectivity index (χ0) is 20.2. The van der Waals surface area contributed by atoms with E-state index in [1.54, 1.807) is 6.20 Å². The van der Waals surface area contributed by atoms with Crippen molar-refractivity contribution < 1.29 is 19.1 Å². The van der Waals surface area contributed by atoms with E-state index >= 15 is 0 Å². The van der Waals surface area contributed by atoms with Gasteiger partial charge in [0.1, 0.15) is 18.0 Å². The van der Waals surface area contributed by atoms with E-state index in [2.05, 4.69) is 24.1 Å². The predicted octanol–water partition coefficient (Wildman–Crippen LogP) is 4.25. The van der Waals surface area contributed by atoms with Crippen LogP contribution in [0, 0.1) is 11.3 Å². The van der Waals surface area contributed by atoms with Gasteiger partial charge in [0, 0.05) is 44.0 Å². The van der Waals surface area contributed by atoms with Crippen molar-refractivity contribution >= 4 is 11.8 Å². The molecular weight excluding hydrogens is 366 g/mol. The Balaban J connectivity index is 1.53. The summed E-state index contributed by atoms with van der Waals surface area (Å²) in [5.74, 6) is 1.17. The lowest BCUT2D eigenvalue weighted by molar-refractivity contribution is -0.147. The molecule has 152 valence electrons. The maximum absolute atomic E-state index is 12.4. The van der Waals surface area contributed by atoms with Crippen molar-refractivity contribution in [2.75, 3.05) is 0 Å². The number of hydrogen-bond donors (Lipinski definition) is 0. The Morgan fingerprint density at radius 2 is 2.17 bits per heavy atom. The number of fused-ring (bicyclic) bond motifs is 3. The van der Waals surface area contributed by atoms with Gasteiger partial charge in [-0.25, -0.2) is 0 Å². The van der Waals surface area contributed by atoms with Gasteiger partial charge in [0.15, 0.2) is 5.78 Å². The molecule has 0 spiro atoms. The quantitative estimate of drug-likeness (QED) is 0.703. The second-order valence-corrected chi connectivity index (χ2v) is 9.13. The van der Waals surface area contributed by atoms with Crippen molar-refractivity contribution in [1.82, 2.24) is 4.98 Å². The van der Waals surface area contributed by atoms with E-state index in [1.807, 2.05) is 12.3 Å². The lowest BCUT2D eigenvalue weighted by Gasteiger charge is -2.47. The van der Waals surface area contributed by atoms with E-state index in [1.165, 1.54) is 12.5 Å². The molecule has 0 radical (unpaired) electrons. The van der Waals surface area contributed by atoms with Crippen LogP contribution in [0.25, 0.3) is 0 Å². The van der Waals surface area contributed by atoms with Crippen LogP contribution < -0.4 is 0 Å². The maximum Gasteiger partial charge on any atom is 0.302 e. The van der Waals surface area contributed by atoms with E-state index in [4.69, 9.17) is 9.47 Å². The molecule has 0 saturated heterocycles. The number of ether oxygens (including phenoxy) is 2. The number of ketones is 1. The minimum atomic E-state index is -0.241. The van der Waals surface area contributed by atoms with E-state index < -0.39 is 0 Å². The molecule has 2 saturated carbocycles. The smallest absolute Gasteiger partial charge is 0.302 e. The number of carbonyl (C=O) groups excluding carboxylic acids is 2. The number of carbonyl (C=O) groups is 2. The molecule has 5 atom stereocenters. The standard InChI is InChI=1S/C24H27NO4/c1-14(26)28-21-12-18-23-15(11-17-19(27)6-3-7-20(17)29-23)8-9-24(18,2)22(21)16-5-4-10-25-13-16/h4-5,10-11,13,18,21-23H,3,6-9,12H2,1-2H3/t18-,21?,22-,23+,24-/m0/s1. The zero-order valence-electron chi connectivity index (χ0n) is 17.0. The fourth-order valence-electron chi connectivity index (χ4n) is 6.19. The summed E-state index contributed by atoms with van der Waals surface area (Å²) in [4.78, 5) is 28.6. The van der Waals surface area contributed by atoms with Gasteiger partial charge in [0.25, 0.3) is 0 Å². The highest BCUT2D eigenvalue weighted by molar-refractivity contribution is 5.99. The molecule has 1 unspecified atom stereocenters. The number of pyridine rings is 1. The first-order valence-electron chi connectivity index (χ1n) is 10.7. The van der Waals surface area contributed by atoms with Crippen LogP contribution in [0.5, 0.6) is 0 Å². The molecule has 3 aliphatic carbocycles. The van der Waals surface area contributed by atoms with Gasteiger partial charge >= 0.3 is 5.97 Å². The Labute approximate surface area is 171 Å². The fourth-order valence-corrected chi connectivity index (χ4v) is 6.19. The highest BCUT2D eigenvalue weighted by atomic mass is 16.5. The van der Waals surface area contributed by atoms with E-state index in [9.17, 15) is 9.59 Å². The largest absolute Gasteiger partial charge is 0.489 e. The van der Waals surface area contributed by atoms with E-state index in [0.717, 1.165) is 49.0 Å². The van der Waals surface area contributed by atoms with Gasteiger partial charge < -0.3 is 9.47 Å². The summed E-state index contributed by atoms with van der Waals surface area (Å²) >= 11 is 0. The van der Waals surface area contributed by atoms with E-state index in [0.29, 0.717) is 6.42 Å². The third-order valence-corrected chi connectivity index (χ3v) is 7.47. The van der Waals surface area contributed by atoms with Gasteiger partial charge in [-0.3, -0.25) is 14.6 Å². The molecular formula is C24H27NO4. The molecule has 4 aliphatic rings. The Morgan fingerprint density at radius 1 is 1.31 bits per heavy atom. The maximum atomic E-state index is 12.4. The number of aromatic nitrogens is 1. The average Bonchev–Trinajstić information content (AvgIpc) is 2.99. The van der Waals surface area contributed by atoms with Crippen LogP contribution in [-0.2, 0) is 19.1 Å². The molecule has 5 rings (SSSR count). The summed E-state index contributed by atoms with van der Waals surface area (Å²) in [6, 6.07) is 4.04. The first-order chi connectivity index (χ1) is 14.0. The van der Waals surface area contributed by atoms with Crippen LogP contribution in [0.1, 0.15) is 63.9 Å². The number of Topliss-reactive ketones (excluding diaryl/α,β-unsaturated/α-hetero) is 1. The van der Waals surface area contributed by atoms with Crippen LogP contribution in [0.2, 0.25) is 0 Å². The monoisotopic (exact) mass is 393 g/mol. The number of rotatable bonds is 2. The summed E-state index contributed by atoms with van der Waals surface area (Å²) in [7, 11) is 0. The second-order valence-electron chi connectivity index (χ2n) is 9.13. The van der Waals surface area contributed by atoms with Gasteiger partial charge in [-0.05, 0) is 54.4 Å². The summed E-state index contributed by atoms with van der Waals surface area (Å²) in [5, 5.41) is 0. The number of hydrogen-bond acceptors (Lipinski definition) is 5. The molecule has 1 aromatic rings. The van der Waals surface area contributed by atoms with Gasteiger partial charge in [0.2, 0.25) is 0 Å². The van der Waals surface area contributed by atoms with Crippen molar-refractivity contribution in [3.05, 3.63) is 53.1 Å². The Hall–Kier alpha value is -2.43. The Bertz CT molecular complexity index is 918. The summed E-state index contributed by atoms with van der Waals surface area (Å²) in [6.45, 7) is 3.80. The van der Waals surface area contributed by atoms with Crippen LogP contribution in [0.4, 0.5) is 0 Å².